The largest absolute Gasteiger partial charge is 0.351 e. The second-order valence-electron chi connectivity index (χ2n) is 6.15. The molecular weight excluding hydrogens is 264 g/mol. The molecule has 1 rings (SSSR count). The molecular formula is C17H26N2O2. The van der Waals surface area contributed by atoms with Crippen LogP contribution in [0.15, 0.2) is 24.3 Å². The van der Waals surface area contributed by atoms with Gasteiger partial charge in [0, 0.05) is 12.5 Å². The number of carbonyl (C=O) groups is 2. The molecule has 4 nitrogen and oxygen atoms in total. The lowest BCUT2D eigenvalue weighted by atomic mass is 9.99. The predicted octanol–water partition coefficient (Wildman–Crippen LogP) is 2.87. The lowest BCUT2D eigenvalue weighted by molar-refractivity contribution is -0.124. The highest BCUT2D eigenvalue weighted by atomic mass is 16.2. The third kappa shape index (κ3) is 5.98. The Hall–Kier alpha value is -1.84. The Morgan fingerprint density at radius 3 is 2.24 bits per heavy atom. The zero-order chi connectivity index (χ0) is 16.0. The van der Waals surface area contributed by atoms with Crippen LogP contribution in [-0.4, -0.2) is 17.4 Å². The van der Waals surface area contributed by atoms with Gasteiger partial charge in [-0.15, -0.1) is 0 Å². The summed E-state index contributed by atoms with van der Waals surface area (Å²) in [6.07, 6.45) is 1.10. The van der Waals surface area contributed by atoms with Gasteiger partial charge in [0.25, 0.3) is 0 Å². The van der Waals surface area contributed by atoms with E-state index in [1.807, 2.05) is 52.0 Å². The molecule has 0 bridgehead atoms. The van der Waals surface area contributed by atoms with Crippen LogP contribution in [0.1, 0.15) is 57.7 Å². The molecule has 1 aromatic rings. The smallest absolute Gasteiger partial charge is 0.222 e. The normalized spacial score (nSPS) is 12.6. The van der Waals surface area contributed by atoms with E-state index in [1.54, 1.807) is 0 Å². The van der Waals surface area contributed by atoms with Crippen molar-refractivity contribution in [2.75, 3.05) is 0 Å². The van der Waals surface area contributed by atoms with E-state index in [9.17, 15) is 9.59 Å². The van der Waals surface area contributed by atoms with Crippen molar-refractivity contribution in [2.45, 2.75) is 59.0 Å². The zero-order valence-electron chi connectivity index (χ0n) is 13.6. The highest BCUT2D eigenvalue weighted by molar-refractivity contribution is 5.79. The first-order valence-electron chi connectivity index (χ1n) is 7.38. The summed E-state index contributed by atoms with van der Waals surface area (Å²) in [6.45, 7) is 9.49. The van der Waals surface area contributed by atoms with Crippen molar-refractivity contribution in [3.8, 4) is 0 Å². The van der Waals surface area contributed by atoms with Crippen LogP contribution in [0, 0.1) is 6.92 Å². The number of amides is 2. The highest BCUT2D eigenvalue weighted by Crippen LogP contribution is 2.18. The Morgan fingerprint density at radius 2 is 1.76 bits per heavy atom. The van der Waals surface area contributed by atoms with Gasteiger partial charge in [-0.25, -0.2) is 0 Å². The molecule has 1 unspecified atom stereocenters. The third-order valence-electron chi connectivity index (χ3n) is 3.61. The second-order valence-corrected chi connectivity index (χ2v) is 6.15. The molecule has 116 valence electrons. The molecule has 1 aromatic carbocycles. The van der Waals surface area contributed by atoms with Crippen molar-refractivity contribution in [2.24, 2.45) is 0 Å². The van der Waals surface area contributed by atoms with Crippen LogP contribution >= 0.6 is 0 Å². The Balaban J connectivity index is 2.81. The minimum atomic E-state index is -0.296. The summed E-state index contributed by atoms with van der Waals surface area (Å²) in [6, 6.07) is 7.58. The minimum Gasteiger partial charge on any atom is -0.351 e. The van der Waals surface area contributed by atoms with Gasteiger partial charge < -0.3 is 10.6 Å². The van der Waals surface area contributed by atoms with Gasteiger partial charge in [0.2, 0.25) is 11.8 Å². The second kappa shape index (κ2) is 7.25. The van der Waals surface area contributed by atoms with Crippen LogP contribution < -0.4 is 10.6 Å². The fourth-order valence-electron chi connectivity index (χ4n) is 2.00. The van der Waals surface area contributed by atoms with E-state index in [0.29, 0.717) is 0 Å². The number of hydrogen-bond donors (Lipinski definition) is 2. The summed E-state index contributed by atoms with van der Waals surface area (Å²) in [4.78, 5) is 23.6. The van der Waals surface area contributed by atoms with E-state index < -0.39 is 0 Å². The molecule has 4 heteroatoms. The van der Waals surface area contributed by atoms with Crippen LogP contribution in [0.25, 0.3) is 0 Å². The molecule has 0 saturated carbocycles. The van der Waals surface area contributed by atoms with E-state index in [0.717, 1.165) is 17.5 Å². The number of carbonyl (C=O) groups excluding carboxylic acids is 2. The lowest BCUT2D eigenvalue weighted by Gasteiger charge is -2.26. The average Bonchev–Trinajstić information content (AvgIpc) is 2.37. The van der Waals surface area contributed by atoms with E-state index >= 15 is 0 Å². The Bertz CT molecular complexity index is 492. The summed E-state index contributed by atoms with van der Waals surface area (Å²) in [5.41, 5.74) is 1.86. The molecule has 0 aliphatic carbocycles. The van der Waals surface area contributed by atoms with Crippen LogP contribution in [0.5, 0.6) is 0 Å². The maximum Gasteiger partial charge on any atom is 0.222 e. The van der Waals surface area contributed by atoms with Crippen molar-refractivity contribution in [3.05, 3.63) is 35.4 Å². The van der Waals surface area contributed by atoms with Crippen LogP contribution in [0.2, 0.25) is 0 Å². The quantitative estimate of drug-likeness (QED) is 0.846. The summed E-state index contributed by atoms with van der Waals surface area (Å²) in [5.74, 6) is -0.190. The Morgan fingerprint density at radius 1 is 1.19 bits per heavy atom. The van der Waals surface area contributed by atoms with Crippen molar-refractivity contribution < 1.29 is 9.59 Å². The molecule has 1 atom stereocenters. The molecule has 0 spiro atoms. The number of rotatable bonds is 6. The van der Waals surface area contributed by atoms with Crippen LogP contribution in [0.3, 0.4) is 0 Å². The zero-order valence-corrected chi connectivity index (χ0v) is 13.6. The standard InChI is InChI=1S/C17H26N2O2/c1-6-17(4,5)19-16(21)11-15(18-13(3)20)14-9-7-12(2)8-10-14/h7-10,15H,6,11H2,1-5H3,(H,18,20)(H,19,21). The summed E-state index contributed by atoms with van der Waals surface area (Å²) in [5, 5.41) is 5.85. The maximum absolute atomic E-state index is 12.2. The SMILES string of the molecule is CCC(C)(C)NC(=O)CC(NC(C)=O)c1ccc(C)cc1. The molecule has 0 fully saturated rings. The molecule has 0 radical (unpaired) electrons. The number of benzene rings is 1. The molecule has 0 heterocycles. The molecule has 0 aliphatic heterocycles. The Kier molecular flexibility index (Phi) is 5.94. The topological polar surface area (TPSA) is 58.2 Å². The van der Waals surface area contributed by atoms with E-state index in [4.69, 9.17) is 0 Å². The fraction of sp³-hybridized carbons (Fsp3) is 0.529. The molecule has 0 aromatic heterocycles. The van der Waals surface area contributed by atoms with Gasteiger partial charge in [-0.2, -0.15) is 0 Å². The monoisotopic (exact) mass is 290 g/mol. The predicted molar refractivity (Wildman–Crippen MR) is 84.9 cm³/mol. The van der Waals surface area contributed by atoms with Gasteiger partial charge in [-0.1, -0.05) is 36.8 Å². The first-order valence-corrected chi connectivity index (χ1v) is 7.38. The van der Waals surface area contributed by atoms with Crippen molar-refractivity contribution >= 4 is 11.8 Å². The molecule has 0 saturated heterocycles. The summed E-state index contributed by atoms with van der Waals surface area (Å²) >= 11 is 0. The first kappa shape index (κ1) is 17.2. The number of nitrogens with one attached hydrogen (secondary N) is 2. The fourth-order valence-corrected chi connectivity index (χ4v) is 2.00. The van der Waals surface area contributed by atoms with E-state index in [-0.39, 0.29) is 29.8 Å². The van der Waals surface area contributed by atoms with Gasteiger partial charge in [-0.3, -0.25) is 9.59 Å². The highest BCUT2D eigenvalue weighted by Gasteiger charge is 2.22. The van der Waals surface area contributed by atoms with Gasteiger partial charge in [0.1, 0.15) is 0 Å². The molecule has 0 aliphatic rings. The lowest BCUT2D eigenvalue weighted by Crippen LogP contribution is -2.44. The van der Waals surface area contributed by atoms with Gasteiger partial charge in [-0.05, 0) is 32.8 Å². The van der Waals surface area contributed by atoms with Gasteiger partial charge in [0.15, 0.2) is 0 Å². The molecule has 2 amide bonds. The van der Waals surface area contributed by atoms with E-state index in [2.05, 4.69) is 10.6 Å². The van der Waals surface area contributed by atoms with Crippen LogP contribution in [-0.2, 0) is 9.59 Å². The first-order chi connectivity index (χ1) is 9.73. The average molecular weight is 290 g/mol. The van der Waals surface area contributed by atoms with Gasteiger partial charge in [0.05, 0.1) is 12.5 Å². The Labute approximate surface area is 127 Å². The van der Waals surface area contributed by atoms with E-state index in [1.165, 1.54) is 6.92 Å². The molecule has 2 N–H and O–H groups in total. The maximum atomic E-state index is 12.2. The van der Waals surface area contributed by atoms with Crippen LogP contribution in [0.4, 0.5) is 0 Å². The number of hydrogen-bond acceptors (Lipinski definition) is 2. The van der Waals surface area contributed by atoms with Gasteiger partial charge >= 0.3 is 0 Å². The van der Waals surface area contributed by atoms with Crippen molar-refractivity contribution in [3.63, 3.8) is 0 Å². The van der Waals surface area contributed by atoms with Crippen molar-refractivity contribution in [1.82, 2.24) is 10.6 Å². The minimum absolute atomic E-state index is 0.0545. The van der Waals surface area contributed by atoms with Crippen molar-refractivity contribution in [1.29, 1.82) is 0 Å². The summed E-state index contributed by atoms with van der Waals surface area (Å²) in [7, 11) is 0. The summed E-state index contributed by atoms with van der Waals surface area (Å²) < 4.78 is 0. The molecule has 21 heavy (non-hydrogen) atoms. The third-order valence-corrected chi connectivity index (χ3v) is 3.61. The number of aryl methyl sites for hydroxylation is 1.